The van der Waals surface area contributed by atoms with Gasteiger partial charge in [0.1, 0.15) is 5.75 Å². The van der Waals surface area contributed by atoms with Crippen molar-refractivity contribution in [2.45, 2.75) is 26.8 Å². The minimum Gasteiger partial charge on any atom is -0.508 e. The summed E-state index contributed by atoms with van der Waals surface area (Å²) in [5.74, 6) is 6.05. The zero-order chi connectivity index (χ0) is 15.1. The molecule has 0 heterocycles. The molecule has 20 heavy (non-hydrogen) atoms. The fraction of sp³-hybridized carbons (Fsp3) is 0.353. The van der Waals surface area contributed by atoms with E-state index in [0.29, 0.717) is 12.1 Å². The average Bonchev–Trinajstić information content (AvgIpc) is 2.43. The molecular weight excluding hydrogens is 250 g/mol. The van der Waals surface area contributed by atoms with Crippen LogP contribution in [0.5, 0.6) is 5.75 Å². The number of hydrogen-bond acceptors (Lipinski definition) is 2. The van der Waals surface area contributed by atoms with Crippen LogP contribution in [0.3, 0.4) is 0 Å². The molecule has 1 unspecified atom stereocenters. The predicted molar refractivity (Wildman–Crippen MR) is 81.4 cm³/mol. The van der Waals surface area contributed by atoms with Crippen molar-refractivity contribution in [2.24, 2.45) is 5.92 Å². The maximum atomic E-state index is 12.6. The average molecular weight is 271 g/mol. The Hall–Kier alpha value is -2.21. The summed E-state index contributed by atoms with van der Waals surface area (Å²) < 4.78 is 0. The maximum Gasteiger partial charge on any atom is 0.255 e. The van der Waals surface area contributed by atoms with Gasteiger partial charge in [0.25, 0.3) is 5.91 Å². The number of benzene rings is 1. The first-order valence-corrected chi connectivity index (χ1v) is 6.63. The van der Waals surface area contributed by atoms with Gasteiger partial charge >= 0.3 is 0 Å². The molecule has 1 N–H and O–H groups in total. The van der Waals surface area contributed by atoms with Crippen molar-refractivity contribution >= 4 is 5.91 Å². The van der Waals surface area contributed by atoms with E-state index >= 15 is 0 Å². The van der Waals surface area contributed by atoms with E-state index in [1.807, 2.05) is 13.8 Å². The quantitative estimate of drug-likeness (QED) is 0.660. The van der Waals surface area contributed by atoms with Gasteiger partial charge in [0, 0.05) is 5.56 Å². The van der Waals surface area contributed by atoms with Gasteiger partial charge in [-0.2, -0.15) is 0 Å². The summed E-state index contributed by atoms with van der Waals surface area (Å²) in [5, 5.41) is 9.30. The van der Waals surface area contributed by atoms with Crippen LogP contribution in [0.4, 0.5) is 0 Å². The Labute approximate surface area is 120 Å². The van der Waals surface area contributed by atoms with Crippen molar-refractivity contribution in [2.75, 3.05) is 6.54 Å². The summed E-state index contributed by atoms with van der Waals surface area (Å²) in [4.78, 5) is 14.3. The Kier molecular flexibility index (Phi) is 5.86. The number of aromatic hydroxyl groups is 1. The van der Waals surface area contributed by atoms with Crippen LogP contribution in [0, 0.1) is 17.8 Å². The van der Waals surface area contributed by atoms with E-state index in [4.69, 9.17) is 0 Å². The molecule has 106 valence electrons. The van der Waals surface area contributed by atoms with Crippen LogP contribution < -0.4 is 0 Å². The second-order valence-electron chi connectivity index (χ2n) is 4.88. The van der Waals surface area contributed by atoms with Crippen LogP contribution in [0.15, 0.2) is 36.9 Å². The van der Waals surface area contributed by atoms with Crippen molar-refractivity contribution < 1.29 is 9.90 Å². The minimum absolute atomic E-state index is 0.0721. The first-order valence-electron chi connectivity index (χ1n) is 6.63. The Bertz CT molecular complexity index is 520. The third kappa shape index (κ3) is 3.89. The number of phenolic OH excluding ortho intramolecular Hbond substituents is 1. The molecule has 0 aliphatic rings. The van der Waals surface area contributed by atoms with E-state index in [1.54, 1.807) is 30.0 Å². The van der Waals surface area contributed by atoms with Crippen molar-refractivity contribution in [1.29, 1.82) is 0 Å². The van der Waals surface area contributed by atoms with Crippen molar-refractivity contribution in [3.05, 3.63) is 42.5 Å². The molecular formula is C17H21NO2. The zero-order valence-corrected chi connectivity index (χ0v) is 12.3. The van der Waals surface area contributed by atoms with Crippen LogP contribution in [-0.4, -0.2) is 28.5 Å². The van der Waals surface area contributed by atoms with Gasteiger partial charge in [-0.1, -0.05) is 25.8 Å². The van der Waals surface area contributed by atoms with Crippen molar-refractivity contribution in [3.8, 4) is 17.6 Å². The molecule has 0 bridgehead atoms. The van der Waals surface area contributed by atoms with Crippen LogP contribution >= 0.6 is 0 Å². The number of nitrogens with zero attached hydrogens (tertiary/aromatic N) is 1. The van der Waals surface area contributed by atoms with Gasteiger partial charge in [0.2, 0.25) is 0 Å². The van der Waals surface area contributed by atoms with Crippen LogP contribution in [-0.2, 0) is 0 Å². The number of carbonyl (C=O) groups is 1. The third-order valence-corrected chi connectivity index (χ3v) is 3.09. The number of rotatable bonds is 5. The molecule has 1 aromatic carbocycles. The van der Waals surface area contributed by atoms with E-state index in [0.717, 1.165) is 0 Å². The molecule has 1 amide bonds. The predicted octanol–water partition coefficient (Wildman–Crippen LogP) is 3.07. The molecule has 0 saturated carbocycles. The number of carbonyl (C=O) groups excluding carboxylic acids is 1. The minimum atomic E-state index is -0.105. The summed E-state index contributed by atoms with van der Waals surface area (Å²) in [7, 11) is 0. The number of hydrogen-bond donors (Lipinski definition) is 1. The van der Waals surface area contributed by atoms with Crippen molar-refractivity contribution in [1.82, 2.24) is 4.90 Å². The number of amides is 1. The maximum absolute atomic E-state index is 12.6. The molecule has 0 spiro atoms. The molecule has 1 aromatic rings. The molecule has 1 atom stereocenters. The third-order valence-electron chi connectivity index (χ3n) is 3.09. The van der Waals surface area contributed by atoms with E-state index in [-0.39, 0.29) is 23.6 Å². The van der Waals surface area contributed by atoms with Gasteiger partial charge in [-0.3, -0.25) is 4.79 Å². The lowest BCUT2D eigenvalue weighted by molar-refractivity contribution is 0.0705. The lowest BCUT2D eigenvalue weighted by Crippen LogP contribution is -2.42. The van der Waals surface area contributed by atoms with E-state index < -0.39 is 0 Å². The second-order valence-corrected chi connectivity index (χ2v) is 4.88. The molecule has 3 heteroatoms. The van der Waals surface area contributed by atoms with Gasteiger partial charge in [-0.05, 0) is 37.1 Å². The molecule has 0 radical (unpaired) electrons. The summed E-state index contributed by atoms with van der Waals surface area (Å²) in [6, 6.07) is 6.18. The first kappa shape index (κ1) is 15.8. The van der Waals surface area contributed by atoms with Gasteiger partial charge in [-0.25, -0.2) is 0 Å². The van der Waals surface area contributed by atoms with E-state index in [9.17, 15) is 9.90 Å². The second kappa shape index (κ2) is 7.40. The SMILES string of the molecule is C=CC(C(C)C)N(CC#CC)C(=O)c1ccc(O)cc1. The monoisotopic (exact) mass is 271 g/mol. The highest BCUT2D eigenvalue weighted by atomic mass is 16.3. The van der Waals surface area contributed by atoms with Gasteiger partial charge in [0.15, 0.2) is 0 Å². The van der Waals surface area contributed by atoms with Gasteiger partial charge in [0.05, 0.1) is 12.6 Å². The summed E-state index contributed by atoms with van der Waals surface area (Å²) in [6.07, 6.45) is 1.78. The van der Waals surface area contributed by atoms with Crippen LogP contribution in [0.25, 0.3) is 0 Å². The van der Waals surface area contributed by atoms with Crippen LogP contribution in [0.1, 0.15) is 31.1 Å². The molecule has 0 fully saturated rings. The van der Waals surface area contributed by atoms with Crippen LogP contribution in [0.2, 0.25) is 0 Å². The molecule has 1 rings (SSSR count). The summed E-state index contributed by atoms with van der Waals surface area (Å²) in [6.45, 7) is 10.0. The van der Waals surface area contributed by atoms with E-state index in [2.05, 4.69) is 18.4 Å². The molecule has 0 aromatic heterocycles. The molecule has 0 aliphatic heterocycles. The zero-order valence-electron chi connectivity index (χ0n) is 12.3. The fourth-order valence-corrected chi connectivity index (χ4v) is 2.01. The first-order chi connectivity index (χ1) is 9.51. The Balaban J connectivity index is 3.08. The molecule has 0 saturated heterocycles. The van der Waals surface area contributed by atoms with Gasteiger partial charge < -0.3 is 10.0 Å². The van der Waals surface area contributed by atoms with Gasteiger partial charge in [-0.15, -0.1) is 12.5 Å². The normalized spacial score (nSPS) is 11.4. The molecule has 0 aliphatic carbocycles. The highest BCUT2D eigenvalue weighted by Gasteiger charge is 2.24. The summed E-state index contributed by atoms with van der Waals surface area (Å²) in [5.41, 5.74) is 0.535. The molecule has 3 nitrogen and oxygen atoms in total. The summed E-state index contributed by atoms with van der Waals surface area (Å²) >= 11 is 0. The Morgan fingerprint density at radius 2 is 2.00 bits per heavy atom. The standard InChI is InChI=1S/C17H21NO2/c1-5-7-12-18(16(6-2)13(3)4)17(20)14-8-10-15(19)11-9-14/h6,8-11,13,16,19H,2,12H2,1,3-4H3. The Morgan fingerprint density at radius 1 is 1.40 bits per heavy atom. The topological polar surface area (TPSA) is 40.5 Å². The van der Waals surface area contributed by atoms with Crippen molar-refractivity contribution in [3.63, 3.8) is 0 Å². The smallest absolute Gasteiger partial charge is 0.255 e. The lowest BCUT2D eigenvalue weighted by atomic mass is 10.0. The highest BCUT2D eigenvalue weighted by molar-refractivity contribution is 5.94. The Morgan fingerprint density at radius 3 is 2.45 bits per heavy atom. The number of phenols is 1. The largest absolute Gasteiger partial charge is 0.508 e. The fourth-order valence-electron chi connectivity index (χ4n) is 2.01. The van der Waals surface area contributed by atoms with E-state index in [1.165, 1.54) is 12.1 Å². The lowest BCUT2D eigenvalue weighted by Gasteiger charge is -2.31. The highest BCUT2D eigenvalue weighted by Crippen LogP contribution is 2.17.